The topological polar surface area (TPSA) is 67.2 Å². The number of hydrogen-bond donors (Lipinski definition) is 2. The van der Waals surface area contributed by atoms with E-state index in [0.29, 0.717) is 16.5 Å². The second kappa shape index (κ2) is 7.62. The standard InChI is InChI=1S/C17H22ClN3O2/c1-11(2)7-14(10-22)20-17(23)16-9-19-21(12(16)3)15-6-4-5-13(18)8-15/h4-6,8-9,11,14,22H,7,10H2,1-3H3,(H,20,23). The van der Waals surface area contributed by atoms with Gasteiger partial charge in [-0.15, -0.1) is 0 Å². The van der Waals surface area contributed by atoms with Crippen molar-refractivity contribution in [3.05, 3.63) is 46.7 Å². The Morgan fingerprint density at radius 3 is 2.78 bits per heavy atom. The summed E-state index contributed by atoms with van der Waals surface area (Å²) in [6.45, 7) is 5.86. The van der Waals surface area contributed by atoms with Gasteiger partial charge in [-0.1, -0.05) is 31.5 Å². The van der Waals surface area contributed by atoms with Crippen LogP contribution in [0.3, 0.4) is 0 Å². The van der Waals surface area contributed by atoms with Crippen molar-refractivity contribution in [2.24, 2.45) is 5.92 Å². The summed E-state index contributed by atoms with van der Waals surface area (Å²) in [6, 6.07) is 7.04. The lowest BCUT2D eigenvalue weighted by molar-refractivity contribution is 0.0907. The van der Waals surface area contributed by atoms with Crippen LogP contribution in [0.1, 0.15) is 36.3 Å². The highest BCUT2D eigenvalue weighted by atomic mass is 35.5. The number of hydrogen-bond acceptors (Lipinski definition) is 3. The molecule has 0 spiro atoms. The molecular weight excluding hydrogens is 314 g/mol. The molecule has 1 aromatic carbocycles. The van der Waals surface area contributed by atoms with Crippen LogP contribution < -0.4 is 5.32 Å². The molecule has 0 aliphatic rings. The second-order valence-corrected chi connectivity index (χ2v) is 6.45. The Hall–Kier alpha value is -1.85. The van der Waals surface area contributed by atoms with Crippen molar-refractivity contribution in [3.8, 4) is 5.69 Å². The van der Waals surface area contributed by atoms with Gasteiger partial charge in [-0.2, -0.15) is 5.10 Å². The van der Waals surface area contributed by atoms with Gasteiger partial charge in [0.1, 0.15) is 0 Å². The van der Waals surface area contributed by atoms with E-state index in [1.54, 1.807) is 16.8 Å². The van der Waals surface area contributed by atoms with Crippen molar-refractivity contribution in [2.75, 3.05) is 6.61 Å². The Morgan fingerprint density at radius 1 is 1.43 bits per heavy atom. The molecule has 2 rings (SSSR count). The Labute approximate surface area is 141 Å². The van der Waals surface area contributed by atoms with Crippen LogP contribution in [0.15, 0.2) is 30.5 Å². The largest absolute Gasteiger partial charge is 0.394 e. The van der Waals surface area contributed by atoms with E-state index in [-0.39, 0.29) is 18.6 Å². The molecule has 0 fully saturated rings. The monoisotopic (exact) mass is 335 g/mol. The Bertz CT molecular complexity index is 682. The number of halogens is 1. The van der Waals surface area contributed by atoms with Gasteiger partial charge in [-0.3, -0.25) is 4.79 Å². The van der Waals surface area contributed by atoms with Crippen molar-refractivity contribution in [2.45, 2.75) is 33.2 Å². The van der Waals surface area contributed by atoms with Crippen LogP contribution >= 0.6 is 11.6 Å². The van der Waals surface area contributed by atoms with Gasteiger partial charge in [0, 0.05) is 5.02 Å². The molecule has 1 amide bonds. The van der Waals surface area contributed by atoms with Crippen molar-refractivity contribution >= 4 is 17.5 Å². The van der Waals surface area contributed by atoms with E-state index >= 15 is 0 Å². The smallest absolute Gasteiger partial charge is 0.255 e. The molecule has 5 nitrogen and oxygen atoms in total. The molecule has 1 unspecified atom stereocenters. The van der Waals surface area contributed by atoms with E-state index in [4.69, 9.17) is 11.6 Å². The minimum Gasteiger partial charge on any atom is -0.394 e. The molecule has 0 saturated carbocycles. The number of carbonyl (C=O) groups is 1. The van der Waals surface area contributed by atoms with Gasteiger partial charge in [0.05, 0.1) is 35.8 Å². The molecule has 23 heavy (non-hydrogen) atoms. The molecule has 0 radical (unpaired) electrons. The minimum absolute atomic E-state index is 0.0780. The number of rotatable bonds is 6. The zero-order valence-electron chi connectivity index (χ0n) is 13.6. The average molecular weight is 336 g/mol. The number of aromatic nitrogens is 2. The molecule has 1 heterocycles. The minimum atomic E-state index is -0.253. The maximum absolute atomic E-state index is 12.4. The summed E-state index contributed by atoms with van der Waals surface area (Å²) in [5.74, 6) is 0.165. The zero-order chi connectivity index (χ0) is 17.0. The second-order valence-electron chi connectivity index (χ2n) is 6.02. The van der Waals surface area contributed by atoms with Gasteiger partial charge in [0.15, 0.2) is 0 Å². The van der Waals surface area contributed by atoms with Crippen molar-refractivity contribution < 1.29 is 9.90 Å². The molecule has 1 aromatic heterocycles. The summed E-state index contributed by atoms with van der Waals surface area (Å²) >= 11 is 6.00. The van der Waals surface area contributed by atoms with Gasteiger partial charge in [0.2, 0.25) is 0 Å². The number of nitrogens with one attached hydrogen (secondary N) is 1. The summed E-state index contributed by atoms with van der Waals surface area (Å²) in [4.78, 5) is 12.4. The van der Waals surface area contributed by atoms with Crippen LogP contribution in [-0.4, -0.2) is 33.4 Å². The van der Waals surface area contributed by atoms with Crippen LogP contribution in [0.4, 0.5) is 0 Å². The van der Waals surface area contributed by atoms with E-state index in [0.717, 1.165) is 17.8 Å². The fraction of sp³-hybridized carbons (Fsp3) is 0.412. The van der Waals surface area contributed by atoms with Crippen molar-refractivity contribution in [1.82, 2.24) is 15.1 Å². The number of aliphatic hydroxyl groups excluding tert-OH is 1. The van der Waals surface area contributed by atoms with Gasteiger partial charge in [0.25, 0.3) is 5.91 Å². The molecule has 0 saturated heterocycles. The molecule has 6 heteroatoms. The first-order valence-electron chi connectivity index (χ1n) is 7.64. The first-order valence-corrected chi connectivity index (χ1v) is 8.02. The maximum atomic E-state index is 12.4. The van der Waals surface area contributed by atoms with Crippen molar-refractivity contribution in [1.29, 1.82) is 0 Å². The molecule has 0 aliphatic carbocycles. The van der Waals surface area contributed by atoms with E-state index in [9.17, 15) is 9.90 Å². The first-order chi connectivity index (χ1) is 10.9. The number of benzene rings is 1. The van der Waals surface area contributed by atoms with E-state index in [1.807, 2.05) is 19.1 Å². The molecule has 1 atom stereocenters. The van der Waals surface area contributed by atoms with E-state index in [2.05, 4.69) is 24.3 Å². The Balaban J connectivity index is 2.20. The molecule has 124 valence electrons. The molecule has 0 bridgehead atoms. The maximum Gasteiger partial charge on any atom is 0.255 e. The molecule has 2 N–H and O–H groups in total. The third-order valence-electron chi connectivity index (χ3n) is 3.62. The third kappa shape index (κ3) is 4.33. The van der Waals surface area contributed by atoms with Gasteiger partial charge in [-0.25, -0.2) is 4.68 Å². The van der Waals surface area contributed by atoms with Crippen LogP contribution in [0.5, 0.6) is 0 Å². The van der Waals surface area contributed by atoms with E-state index < -0.39 is 0 Å². The summed E-state index contributed by atoms with van der Waals surface area (Å²) in [7, 11) is 0. The van der Waals surface area contributed by atoms with Gasteiger partial charge >= 0.3 is 0 Å². The summed E-state index contributed by atoms with van der Waals surface area (Å²) in [5, 5.41) is 17.2. The fourth-order valence-electron chi connectivity index (χ4n) is 2.51. The average Bonchev–Trinajstić information content (AvgIpc) is 2.87. The van der Waals surface area contributed by atoms with Crippen LogP contribution in [0.2, 0.25) is 5.02 Å². The normalized spacial score (nSPS) is 12.4. The predicted molar refractivity (Wildman–Crippen MR) is 91.1 cm³/mol. The van der Waals surface area contributed by atoms with Crippen LogP contribution in [0, 0.1) is 12.8 Å². The summed E-state index contributed by atoms with van der Waals surface area (Å²) in [6.07, 6.45) is 2.26. The van der Waals surface area contributed by atoms with Crippen molar-refractivity contribution in [3.63, 3.8) is 0 Å². The van der Waals surface area contributed by atoms with Crippen LogP contribution in [-0.2, 0) is 0 Å². The first kappa shape index (κ1) is 17.5. The number of aliphatic hydroxyl groups is 1. The van der Waals surface area contributed by atoms with Gasteiger partial charge in [-0.05, 0) is 37.5 Å². The number of carbonyl (C=O) groups excluding carboxylic acids is 1. The Kier molecular flexibility index (Phi) is 5.80. The van der Waals surface area contributed by atoms with Gasteiger partial charge < -0.3 is 10.4 Å². The lowest BCUT2D eigenvalue weighted by Gasteiger charge is -2.18. The molecule has 2 aromatic rings. The predicted octanol–water partition coefficient (Wildman–Crippen LogP) is 2.97. The highest BCUT2D eigenvalue weighted by molar-refractivity contribution is 6.30. The lowest BCUT2D eigenvalue weighted by Crippen LogP contribution is -2.38. The molecule has 0 aliphatic heterocycles. The van der Waals surface area contributed by atoms with Crippen LogP contribution in [0.25, 0.3) is 5.69 Å². The number of nitrogens with zero attached hydrogens (tertiary/aromatic N) is 2. The summed E-state index contributed by atoms with van der Waals surface area (Å²) in [5.41, 5.74) is 2.02. The highest BCUT2D eigenvalue weighted by Gasteiger charge is 2.19. The summed E-state index contributed by atoms with van der Waals surface area (Å²) < 4.78 is 1.68. The lowest BCUT2D eigenvalue weighted by atomic mass is 10.0. The van der Waals surface area contributed by atoms with E-state index in [1.165, 1.54) is 6.20 Å². The molecular formula is C17H22ClN3O2. The highest BCUT2D eigenvalue weighted by Crippen LogP contribution is 2.18. The fourth-order valence-corrected chi connectivity index (χ4v) is 2.70. The quantitative estimate of drug-likeness (QED) is 0.852. The SMILES string of the molecule is Cc1c(C(=O)NC(CO)CC(C)C)cnn1-c1cccc(Cl)c1. The third-order valence-corrected chi connectivity index (χ3v) is 3.85. The number of amides is 1. The zero-order valence-corrected chi connectivity index (χ0v) is 14.3. The Morgan fingerprint density at radius 2 is 2.17 bits per heavy atom.